The van der Waals surface area contributed by atoms with Crippen molar-refractivity contribution in [1.29, 1.82) is 0 Å². The Balaban J connectivity index is 2.27. The molecule has 0 aromatic carbocycles. The third-order valence-electron chi connectivity index (χ3n) is 10.0. The highest BCUT2D eigenvalue weighted by Gasteiger charge is 2.44. The summed E-state index contributed by atoms with van der Waals surface area (Å²) in [4.78, 5) is 12.8. The van der Waals surface area contributed by atoms with Gasteiger partial charge in [0.15, 0.2) is 6.29 Å². The summed E-state index contributed by atoms with van der Waals surface area (Å²) in [6, 6.07) is 0. The van der Waals surface area contributed by atoms with E-state index in [1.54, 1.807) is 0 Å². The SMILES string of the molecule is CC/C=C\C/C=C\C/C=C\C/C=C\C/C=C\CCCCCCCCOCC(COC1OC(CO)C(O)C(O)C1O)OC(=O)CCCCCCC/C=C\C/C=C\CCCC. The number of unbranched alkanes of at least 4 members (excludes halogenated alkanes) is 13. The van der Waals surface area contributed by atoms with Crippen LogP contribution in [0.1, 0.15) is 162 Å². The first-order valence-corrected chi connectivity index (χ1v) is 23.2. The summed E-state index contributed by atoms with van der Waals surface area (Å²) in [7, 11) is 0. The summed E-state index contributed by atoms with van der Waals surface area (Å²) in [6.45, 7) is 4.33. The maximum atomic E-state index is 12.8. The lowest BCUT2D eigenvalue weighted by Crippen LogP contribution is -2.59. The zero-order valence-corrected chi connectivity index (χ0v) is 37.0. The highest BCUT2D eigenvalue weighted by Crippen LogP contribution is 2.22. The number of ether oxygens (including phenoxy) is 4. The molecule has 6 unspecified atom stereocenters. The predicted molar refractivity (Wildman–Crippen MR) is 242 cm³/mol. The first-order valence-electron chi connectivity index (χ1n) is 23.2. The molecule has 0 spiro atoms. The number of hydrogen-bond acceptors (Lipinski definition) is 9. The molecule has 6 atom stereocenters. The molecule has 0 aliphatic carbocycles. The molecule has 59 heavy (non-hydrogen) atoms. The van der Waals surface area contributed by atoms with Crippen molar-refractivity contribution in [2.75, 3.05) is 26.4 Å². The molecule has 1 saturated heterocycles. The third-order valence-corrected chi connectivity index (χ3v) is 10.0. The molecule has 1 fully saturated rings. The van der Waals surface area contributed by atoms with Crippen LogP contribution in [0.4, 0.5) is 0 Å². The standard InChI is InChI=1S/C50H84O9/c1-3-5-7-9-11-13-15-17-19-20-21-22-23-24-25-26-28-30-32-34-36-38-40-56-42-44(43-57-50-49(55)48(54)47(53)45(41-51)59-50)58-46(52)39-37-35-33-31-29-27-18-16-14-12-10-8-6-4-2/h5,7,10-13,16-19,21-22,24-25,44-45,47-51,53-55H,3-4,6,8-9,14-15,20,23,26-43H2,1-2H3/b7-5-,12-10-,13-11-,18-16-,19-17-,22-21-,25-24-. The predicted octanol–water partition coefficient (Wildman–Crippen LogP) is 10.6. The first kappa shape index (κ1) is 54.4. The second kappa shape index (κ2) is 40.8. The smallest absolute Gasteiger partial charge is 0.306 e. The average Bonchev–Trinajstić information content (AvgIpc) is 3.24. The van der Waals surface area contributed by atoms with Gasteiger partial charge in [0.25, 0.3) is 0 Å². The molecule has 0 bridgehead atoms. The number of carbonyl (C=O) groups is 1. The van der Waals surface area contributed by atoms with Gasteiger partial charge < -0.3 is 39.4 Å². The van der Waals surface area contributed by atoms with E-state index in [0.717, 1.165) is 109 Å². The molecular weight excluding hydrogens is 745 g/mol. The normalized spacial score (nSPS) is 20.9. The minimum absolute atomic E-state index is 0.123. The molecule has 0 aromatic rings. The van der Waals surface area contributed by atoms with Crippen molar-refractivity contribution in [3.8, 4) is 0 Å². The van der Waals surface area contributed by atoms with Gasteiger partial charge in [-0.15, -0.1) is 0 Å². The lowest BCUT2D eigenvalue weighted by atomic mass is 9.99. The Bertz CT molecular complexity index is 1170. The molecule has 1 rings (SSSR count). The van der Waals surface area contributed by atoms with Crippen molar-refractivity contribution >= 4 is 5.97 Å². The fourth-order valence-corrected chi connectivity index (χ4v) is 6.42. The maximum Gasteiger partial charge on any atom is 0.306 e. The molecule has 0 saturated carbocycles. The zero-order valence-electron chi connectivity index (χ0n) is 37.0. The van der Waals surface area contributed by atoms with Gasteiger partial charge in [0.1, 0.15) is 30.5 Å². The third kappa shape index (κ3) is 31.8. The number of esters is 1. The van der Waals surface area contributed by atoms with Gasteiger partial charge >= 0.3 is 5.97 Å². The van der Waals surface area contributed by atoms with Gasteiger partial charge in [-0.25, -0.2) is 0 Å². The molecule has 9 nitrogen and oxygen atoms in total. The molecule has 0 radical (unpaired) electrons. The van der Waals surface area contributed by atoms with E-state index in [9.17, 15) is 25.2 Å². The molecule has 0 amide bonds. The van der Waals surface area contributed by atoms with Crippen LogP contribution in [0.5, 0.6) is 0 Å². The van der Waals surface area contributed by atoms with Gasteiger partial charge in [-0.1, -0.05) is 157 Å². The molecule has 1 heterocycles. The fourth-order valence-electron chi connectivity index (χ4n) is 6.42. The molecule has 1 aliphatic heterocycles. The van der Waals surface area contributed by atoms with Crippen molar-refractivity contribution < 1.29 is 44.2 Å². The molecule has 338 valence electrons. The van der Waals surface area contributed by atoms with Crippen molar-refractivity contribution in [2.24, 2.45) is 0 Å². The summed E-state index contributed by atoms with van der Waals surface area (Å²) in [5, 5.41) is 40.1. The monoisotopic (exact) mass is 829 g/mol. The molecule has 0 aromatic heterocycles. The summed E-state index contributed by atoms with van der Waals surface area (Å²) in [5.41, 5.74) is 0. The van der Waals surface area contributed by atoms with Crippen molar-refractivity contribution in [2.45, 2.75) is 198 Å². The number of aliphatic hydroxyl groups is 4. The lowest BCUT2D eigenvalue weighted by molar-refractivity contribution is -0.305. The van der Waals surface area contributed by atoms with Crippen molar-refractivity contribution in [1.82, 2.24) is 0 Å². The van der Waals surface area contributed by atoms with Crippen LogP contribution < -0.4 is 0 Å². The second-order valence-electron chi connectivity index (χ2n) is 15.5. The number of aliphatic hydroxyl groups excluding tert-OH is 4. The molecule has 4 N–H and O–H groups in total. The summed E-state index contributed by atoms with van der Waals surface area (Å²) < 4.78 is 22.8. The Labute approximate surface area is 359 Å². The largest absolute Gasteiger partial charge is 0.457 e. The highest BCUT2D eigenvalue weighted by atomic mass is 16.7. The van der Waals surface area contributed by atoms with Crippen LogP contribution in [0, 0.1) is 0 Å². The quantitative estimate of drug-likeness (QED) is 0.0272. The van der Waals surface area contributed by atoms with Crippen LogP contribution in [0.3, 0.4) is 0 Å². The second-order valence-corrected chi connectivity index (χ2v) is 15.5. The van der Waals surface area contributed by atoms with Gasteiger partial charge in [0.2, 0.25) is 0 Å². The van der Waals surface area contributed by atoms with E-state index in [0.29, 0.717) is 13.0 Å². The van der Waals surface area contributed by atoms with Gasteiger partial charge in [0, 0.05) is 13.0 Å². The maximum absolute atomic E-state index is 12.8. The lowest BCUT2D eigenvalue weighted by Gasteiger charge is -2.39. The van der Waals surface area contributed by atoms with E-state index in [4.69, 9.17) is 18.9 Å². The average molecular weight is 829 g/mol. The fraction of sp³-hybridized carbons (Fsp3) is 0.700. The van der Waals surface area contributed by atoms with Crippen LogP contribution in [0.15, 0.2) is 85.1 Å². The van der Waals surface area contributed by atoms with Crippen LogP contribution in [-0.4, -0.2) is 89.6 Å². The zero-order chi connectivity index (χ0) is 42.9. The van der Waals surface area contributed by atoms with Crippen molar-refractivity contribution in [3.05, 3.63) is 85.1 Å². The van der Waals surface area contributed by atoms with Gasteiger partial charge in [-0.3, -0.25) is 4.79 Å². The summed E-state index contributed by atoms with van der Waals surface area (Å²) in [5.74, 6) is -0.337. The topological polar surface area (TPSA) is 135 Å². The van der Waals surface area contributed by atoms with E-state index >= 15 is 0 Å². The highest BCUT2D eigenvalue weighted by molar-refractivity contribution is 5.69. The number of rotatable bonds is 38. The van der Waals surface area contributed by atoms with Gasteiger partial charge in [0.05, 0.1) is 19.8 Å². The Morgan fingerprint density at radius 2 is 1.03 bits per heavy atom. The Morgan fingerprint density at radius 1 is 0.559 bits per heavy atom. The van der Waals surface area contributed by atoms with Crippen LogP contribution in [0.2, 0.25) is 0 Å². The van der Waals surface area contributed by atoms with Crippen LogP contribution >= 0.6 is 0 Å². The van der Waals surface area contributed by atoms with E-state index in [1.165, 1.54) is 32.1 Å². The minimum Gasteiger partial charge on any atom is -0.457 e. The molecule has 9 heteroatoms. The van der Waals surface area contributed by atoms with E-state index < -0.39 is 43.4 Å². The number of carbonyl (C=O) groups excluding carboxylic acids is 1. The van der Waals surface area contributed by atoms with E-state index in [2.05, 4.69) is 98.9 Å². The number of hydrogen-bond donors (Lipinski definition) is 4. The summed E-state index contributed by atoms with van der Waals surface area (Å²) >= 11 is 0. The van der Waals surface area contributed by atoms with Crippen molar-refractivity contribution in [3.63, 3.8) is 0 Å². The van der Waals surface area contributed by atoms with Crippen LogP contribution in [-0.2, 0) is 23.7 Å². The Hall–Kier alpha value is -2.63. The Morgan fingerprint density at radius 3 is 1.56 bits per heavy atom. The van der Waals surface area contributed by atoms with Gasteiger partial charge in [-0.2, -0.15) is 0 Å². The molecule has 1 aliphatic rings. The van der Waals surface area contributed by atoms with E-state index in [1.807, 2.05) is 0 Å². The van der Waals surface area contributed by atoms with Crippen LogP contribution in [0.25, 0.3) is 0 Å². The van der Waals surface area contributed by atoms with Gasteiger partial charge in [-0.05, 0) is 83.5 Å². The minimum atomic E-state index is -1.55. The first-order chi connectivity index (χ1) is 28.9. The Kier molecular flexibility index (Phi) is 37.6. The molecular formula is C50H84O9. The van der Waals surface area contributed by atoms with E-state index in [-0.39, 0.29) is 19.2 Å². The number of allylic oxidation sites excluding steroid dienone is 14. The summed E-state index contributed by atoms with van der Waals surface area (Å²) in [6.07, 6.45) is 47.5.